The van der Waals surface area contributed by atoms with Crippen molar-refractivity contribution in [1.29, 1.82) is 0 Å². The van der Waals surface area contributed by atoms with Crippen molar-refractivity contribution in [2.24, 2.45) is 5.92 Å². The summed E-state index contributed by atoms with van der Waals surface area (Å²) in [6.07, 6.45) is 0.881. The van der Waals surface area contributed by atoms with Gasteiger partial charge in [-0.2, -0.15) is 4.31 Å². The van der Waals surface area contributed by atoms with Crippen molar-refractivity contribution in [3.8, 4) is 11.8 Å². The van der Waals surface area contributed by atoms with Crippen LogP contribution in [0.4, 0.5) is 4.79 Å². The molecule has 164 valence electrons. The molecule has 1 saturated carbocycles. The lowest BCUT2D eigenvalue weighted by Gasteiger charge is -2.31. The van der Waals surface area contributed by atoms with E-state index < -0.39 is 16.2 Å². The summed E-state index contributed by atoms with van der Waals surface area (Å²) in [5.41, 5.74) is 0.963. The molecule has 0 spiro atoms. The van der Waals surface area contributed by atoms with E-state index in [-0.39, 0.29) is 42.4 Å². The highest BCUT2D eigenvalue weighted by Gasteiger charge is 2.33. The van der Waals surface area contributed by atoms with Gasteiger partial charge in [0.25, 0.3) is 0 Å². The third-order valence-electron chi connectivity index (χ3n) is 4.70. The van der Waals surface area contributed by atoms with Gasteiger partial charge in [0.2, 0.25) is 10.0 Å². The highest BCUT2D eigenvalue weighted by molar-refractivity contribution is 7.89. The van der Waals surface area contributed by atoms with E-state index in [1.54, 1.807) is 24.3 Å². The molecule has 1 fully saturated rings. The zero-order chi connectivity index (χ0) is 22.1. The molecular formula is C22H29NO6S. The summed E-state index contributed by atoms with van der Waals surface area (Å²) in [6, 6.07) is 6.36. The molecule has 0 heterocycles. The Labute approximate surface area is 178 Å². The van der Waals surface area contributed by atoms with Crippen molar-refractivity contribution in [1.82, 2.24) is 4.31 Å². The van der Waals surface area contributed by atoms with Crippen LogP contribution in [-0.2, 0) is 24.3 Å². The Morgan fingerprint density at radius 3 is 2.37 bits per heavy atom. The van der Waals surface area contributed by atoms with Crippen LogP contribution in [0.5, 0.6) is 0 Å². The minimum absolute atomic E-state index is 0.0422. The largest absolute Gasteiger partial charge is 0.509 e. The lowest BCUT2D eigenvalue weighted by atomic mass is 9.94. The summed E-state index contributed by atoms with van der Waals surface area (Å²) in [6.45, 7) is 5.75. The van der Waals surface area contributed by atoms with Gasteiger partial charge in [-0.05, 0) is 37.8 Å². The summed E-state index contributed by atoms with van der Waals surface area (Å²) >= 11 is 0. The van der Waals surface area contributed by atoms with Crippen molar-refractivity contribution in [3.05, 3.63) is 29.8 Å². The van der Waals surface area contributed by atoms with Crippen LogP contribution in [0, 0.1) is 24.7 Å². The number of ketones is 1. The zero-order valence-corrected chi connectivity index (χ0v) is 18.5. The first-order valence-electron chi connectivity index (χ1n) is 10.1. The first-order chi connectivity index (χ1) is 14.2. The molecule has 1 aliphatic carbocycles. The van der Waals surface area contributed by atoms with Crippen LogP contribution >= 0.6 is 0 Å². The van der Waals surface area contributed by atoms with E-state index in [0.29, 0.717) is 25.7 Å². The van der Waals surface area contributed by atoms with Gasteiger partial charge in [-0.15, -0.1) is 0 Å². The van der Waals surface area contributed by atoms with Crippen molar-refractivity contribution >= 4 is 22.0 Å². The molecule has 0 radical (unpaired) electrons. The van der Waals surface area contributed by atoms with Gasteiger partial charge < -0.3 is 9.47 Å². The normalized spacial score (nSPS) is 15.0. The maximum atomic E-state index is 13.2. The minimum atomic E-state index is -3.77. The standard InChI is InChI=1S/C22H29NO6S/c1-17(2)16-29-22(25)28-15-5-4-14-23(19-8-10-20(24)11-9-19)30(26,27)21-12-6-18(3)7-13-21/h6-7,12-13,17,19H,8-11,14-16H2,1-3H3. The van der Waals surface area contributed by atoms with Crippen molar-refractivity contribution in [3.63, 3.8) is 0 Å². The Balaban J connectivity index is 2.07. The van der Waals surface area contributed by atoms with Gasteiger partial charge in [0.1, 0.15) is 5.78 Å². The number of carbonyl (C=O) groups excluding carboxylic acids is 2. The van der Waals surface area contributed by atoms with Gasteiger partial charge in [0.05, 0.1) is 18.0 Å². The van der Waals surface area contributed by atoms with Gasteiger partial charge in [0.15, 0.2) is 6.61 Å². The Morgan fingerprint density at radius 2 is 1.77 bits per heavy atom. The lowest BCUT2D eigenvalue weighted by molar-refractivity contribution is -0.120. The number of Topliss-reactive ketones (excluding diaryl/α,β-unsaturated/α-hetero) is 1. The van der Waals surface area contributed by atoms with Gasteiger partial charge >= 0.3 is 6.16 Å². The maximum Gasteiger partial charge on any atom is 0.509 e. The average Bonchev–Trinajstić information content (AvgIpc) is 2.70. The topological polar surface area (TPSA) is 90.0 Å². The Kier molecular flexibility index (Phi) is 8.88. The molecule has 1 aromatic rings. The molecule has 0 amide bonds. The molecule has 8 heteroatoms. The van der Waals surface area contributed by atoms with E-state index in [4.69, 9.17) is 9.47 Å². The third-order valence-corrected chi connectivity index (χ3v) is 6.62. The van der Waals surface area contributed by atoms with Crippen LogP contribution in [0.2, 0.25) is 0 Å². The average molecular weight is 436 g/mol. The number of sulfonamides is 1. The van der Waals surface area contributed by atoms with E-state index >= 15 is 0 Å². The molecule has 0 saturated heterocycles. The SMILES string of the molecule is Cc1ccc(S(=O)(=O)N(CC#CCOC(=O)OCC(C)C)C2CCC(=O)CC2)cc1. The van der Waals surface area contributed by atoms with E-state index in [1.165, 1.54) is 4.31 Å². The van der Waals surface area contributed by atoms with Crippen molar-refractivity contribution in [2.45, 2.75) is 57.4 Å². The smallest absolute Gasteiger partial charge is 0.434 e. The monoisotopic (exact) mass is 435 g/mol. The number of hydrogen-bond acceptors (Lipinski definition) is 6. The van der Waals surface area contributed by atoms with Gasteiger partial charge in [-0.3, -0.25) is 4.79 Å². The molecule has 0 aliphatic heterocycles. The highest BCUT2D eigenvalue weighted by Crippen LogP contribution is 2.26. The van der Waals surface area contributed by atoms with E-state index in [9.17, 15) is 18.0 Å². The molecule has 30 heavy (non-hydrogen) atoms. The quantitative estimate of drug-likeness (QED) is 0.482. The summed E-state index contributed by atoms with van der Waals surface area (Å²) in [7, 11) is -3.77. The number of ether oxygens (including phenoxy) is 2. The molecule has 0 N–H and O–H groups in total. The van der Waals surface area contributed by atoms with Crippen LogP contribution in [0.15, 0.2) is 29.2 Å². The second kappa shape index (κ2) is 11.1. The Hall–Kier alpha value is -2.37. The summed E-state index contributed by atoms with van der Waals surface area (Å²) in [5, 5.41) is 0. The van der Waals surface area contributed by atoms with Gasteiger partial charge in [0, 0.05) is 18.9 Å². The molecule has 0 atom stereocenters. The highest BCUT2D eigenvalue weighted by atomic mass is 32.2. The Bertz CT molecular complexity index is 886. The molecule has 0 aromatic heterocycles. The zero-order valence-electron chi connectivity index (χ0n) is 17.7. The number of nitrogens with zero attached hydrogens (tertiary/aromatic N) is 1. The predicted octanol–water partition coefficient (Wildman–Crippen LogP) is 3.31. The lowest BCUT2D eigenvalue weighted by Crippen LogP contribution is -2.42. The summed E-state index contributed by atoms with van der Waals surface area (Å²) in [5.74, 6) is 5.80. The van der Waals surface area contributed by atoms with E-state index in [1.807, 2.05) is 20.8 Å². The first kappa shape index (κ1) is 23.9. The predicted molar refractivity (Wildman–Crippen MR) is 112 cm³/mol. The molecule has 1 aromatic carbocycles. The molecule has 0 unspecified atom stereocenters. The van der Waals surface area contributed by atoms with Crippen LogP contribution in [-0.4, -0.2) is 50.5 Å². The molecule has 0 bridgehead atoms. The van der Waals surface area contributed by atoms with Gasteiger partial charge in [-0.1, -0.05) is 43.4 Å². The second-order valence-electron chi connectivity index (χ2n) is 7.73. The van der Waals surface area contributed by atoms with Crippen molar-refractivity contribution < 1.29 is 27.5 Å². The fraction of sp³-hybridized carbons (Fsp3) is 0.545. The minimum Gasteiger partial charge on any atom is -0.434 e. The maximum absolute atomic E-state index is 13.2. The number of aryl methyl sites for hydroxylation is 1. The molecule has 2 rings (SSSR count). The van der Waals surface area contributed by atoms with Crippen molar-refractivity contribution in [2.75, 3.05) is 19.8 Å². The molecule has 7 nitrogen and oxygen atoms in total. The van der Waals surface area contributed by atoms with Gasteiger partial charge in [-0.25, -0.2) is 13.2 Å². The third kappa shape index (κ3) is 7.15. The molecule has 1 aliphatic rings. The first-order valence-corrected chi connectivity index (χ1v) is 11.5. The summed E-state index contributed by atoms with van der Waals surface area (Å²) < 4.78 is 37.5. The van der Waals surface area contributed by atoms with Crippen LogP contribution in [0.1, 0.15) is 45.1 Å². The number of hydrogen-bond donors (Lipinski definition) is 0. The van der Waals surface area contributed by atoms with E-state index in [0.717, 1.165) is 5.56 Å². The fourth-order valence-corrected chi connectivity index (χ4v) is 4.61. The fourth-order valence-electron chi connectivity index (χ4n) is 3.02. The molecular weight excluding hydrogens is 406 g/mol. The number of benzene rings is 1. The number of carbonyl (C=O) groups is 2. The summed E-state index contributed by atoms with van der Waals surface area (Å²) in [4.78, 5) is 23.2. The second-order valence-corrected chi connectivity index (χ2v) is 9.62. The Morgan fingerprint density at radius 1 is 1.13 bits per heavy atom. The van der Waals surface area contributed by atoms with E-state index in [2.05, 4.69) is 11.8 Å². The number of rotatable bonds is 7. The van der Waals surface area contributed by atoms with Crippen LogP contribution in [0.25, 0.3) is 0 Å². The van der Waals surface area contributed by atoms with Crippen LogP contribution in [0.3, 0.4) is 0 Å². The van der Waals surface area contributed by atoms with Crippen LogP contribution < -0.4 is 0 Å².